The molecule has 0 aromatic rings. The lowest BCUT2D eigenvalue weighted by Gasteiger charge is -2.15. The first-order valence-corrected chi connectivity index (χ1v) is 6.88. The van der Waals surface area contributed by atoms with E-state index in [1.54, 1.807) is 0 Å². The number of nitrogens with two attached hydrogens (primary N) is 2. The minimum atomic E-state index is -0.998. The largest absolute Gasteiger partial charge is 0.480 e. The number of hydrogen-bond donors (Lipinski definition) is 6. The average molecular weight is 290 g/mol. The van der Waals surface area contributed by atoms with E-state index in [0.29, 0.717) is 32.4 Å². The van der Waals surface area contributed by atoms with Crippen LogP contribution in [0.1, 0.15) is 38.5 Å². The molecule has 8 N–H and O–H groups in total. The summed E-state index contributed by atoms with van der Waals surface area (Å²) in [5, 5.41) is 17.6. The Morgan fingerprint density at radius 2 is 1.65 bits per heavy atom. The highest BCUT2D eigenvalue weighted by molar-refractivity contribution is 5.73. The molecule has 20 heavy (non-hydrogen) atoms. The fourth-order valence-corrected chi connectivity index (χ4v) is 1.65. The number of carboxylic acids is 2. The molecule has 0 fully saturated rings. The van der Waals surface area contributed by atoms with Crippen LogP contribution >= 0.6 is 0 Å². The maximum Gasteiger partial charge on any atom is 0.322 e. The Morgan fingerprint density at radius 1 is 1.00 bits per heavy atom. The molecule has 8 heteroatoms. The van der Waals surface area contributed by atoms with Crippen LogP contribution in [-0.2, 0) is 9.59 Å². The number of carboxylic acid groups (broad SMARTS) is 2. The van der Waals surface area contributed by atoms with Gasteiger partial charge < -0.3 is 21.7 Å². The summed E-state index contributed by atoms with van der Waals surface area (Å²) in [6.45, 7) is 1.12. The topological polar surface area (TPSA) is 151 Å². The quantitative estimate of drug-likeness (QED) is 0.191. The zero-order chi connectivity index (χ0) is 15.4. The van der Waals surface area contributed by atoms with Gasteiger partial charge in [0.2, 0.25) is 0 Å². The molecule has 2 atom stereocenters. The zero-order valence-corrected chi connectivity index (χ0v) is 11.7. The van der Waals surface area contributed by atoms with Crippen molar-refractivity contribution in [1.29, 1.82) is 0 Å². The highest BCUT2D eigenvalue weighted by atomic mass is 16.4. The van der Waals surface area contributed by atoms with E-state index in [1.807, 2.05) is 0 Å². The molecule has 0 saturated heterocycles. The third-order valence-electron chi connectivity index (χ3n) is 2.91. The molecule has 0 aromatic carbocycles. The van der Waals surface area contributed by atoms with Crippen LogP contribution in [0, 0.1) is 0 Å². The lowest BCUT2D eigenvalue weighted by molar-refractivity contribution is -0.140. The van der Waals surface area contributed by atoms with Crippen LogP contribution in [0.3, 0.4) is 0 Å². The van der Waals surface area contributed by atoms with Gasteiger partial charge in [-0.1, -0.05) is 0 Å². The molecule has 0 saturated carbocycles. The van der Waals surface area contributed by atoms with Gasteiger partial charge in [-0.2, -0.15) is 0 Å². The molecule has 0 heterocycles. The first kappa shape index (κ1) is 18.8. The van der Waals surface area contributed by atoms with Gasteiger partial charge in [0.1, 0.15) is 12.1 Å². The fourth-order valence-electron chi connectivity index (χ4n) is 1.65. The van der Waals surface area contributed by atoms with Crippen LogP contribution in [0.5, 0.6) is 0 Å². The highest BCUT2D eigenvalue weighted by Gasteiger charge is 2.15. The minimum Gasteiger partial charge on any atom is -0.480 e. The van der Waals surface area contributed by atoms with Gasteiger partial charge in [0.05, 0.1) is 0 Å². The third-order valence-corrected chi connectivity index (χ3v) is 2.91. The van der Waals surface area contributed by atoms with Gasteiger partial charge >= 0.3 is 11.9 Å². The van der Waals surface area contributed by atoms with Crippen LogP contribution in [-0.4, -0.2) is 47.3 Å². The molecule has 8 nitrogen and oxygen atoms in total. The normalized spacial score (nSPS) is 13.9. The monoisotopic (exact) mass is 290 g/mol. The second kappa shape index (κ2) is 11.6. The van der Waals surface area contributed by atoms with E-state index in [9.17, 15) is 9.59 Å². The maximum atomic E-state index is 11.0. The van der Waals surface area contributed by atoms with Crippen molar-refractivity contribution in [1.82, 2.24) is 10.9 Å². The van der Waals surface area contributed by atoms with Crippen LogP contribution in [0.4, 0.5) is 0 Å². The Kier molecular flexibility index (Phi) is 10.9. The van der Waals surface area contributed by atoms with E-state index in [0.717, 1.165) is 19.3 Å². The standard InChI is InChI=1S/C12H26N4O4/c13-7-3-1-6-10(12(19)20)16-15-8-4-2-5-9(14)11(17)18/h9-10,15-16H,1-8,13-14H2,(H,17,18)(H,19,20)/t9-,10-/m0/s1. The molecule has 0 aliphatic heterocycles. The number of hydrazine groups is 1. The smallest absolute Gasteiger partial charge is 0.322 e. The van der Waals surface area contributed by atoms with Crippen molar-refractivity contribution < 1.29 is 19.8 Å². The summed E-state index contributed by atoms with van der Waals surface area (Å²) in [5.74, 6) is -1.90. The Balaban J connectivity index is 3.63. The van der Waals surface area contributed by atoms with Crippen LogP contribution in [0.25, 0.3) is 0 Å². The summed E-state index contributed by atoms with van der Waals surface area (Å²) in [7, 11) is 0. The third kappa shape index (κ3) is 9.68. The summed E-state index contributed by atoms with van der Waals surface area (Å²) in [6, 6.07) is -1.46. The number of carbonyl (C=O) groups is 2. The van der Waals surface area contributed by atoms with E-state index in [-0.39, 0.29) is 0 Å². The summed E-state index contributed by atoms with van der Waals surface area (Å²) in [4.78, 5) is 21.4. The second-order valence-electron chi connectivity index (χ2n) is 4.69. The van der Waals surface area contributed by atoms with Crippen LogP contribution in [0.15, 0.2) is 0 Å². The van der Waals surface area contributed by atoms with Crippen molar-refractivity contribution in [2.75, 3.05) is 13.1 Å². The molecule has 118 valence electrons. The molecule has 0 spiro atoms. The molecule has 0 amide bonds. The lowest BCUT2D eigenvalue weighted by atomic mass is 10.1. The molecule has 0 bridgehead atoms. The molecule has 0 aromatic heterocycles. The van der Waals surface area contributed by atoms with Gasteiger partial charge in [0, 0.05) is 6.54 Å². The van der Waals surface area contributed by atoms with Crippen molar-refractivity contribution in [2.45, 2.75) is 50.6 Å². The molecular formula is C12H26N4O4. The van der Waals surface area contributed by atoms with Crippen molar-refractivity contribution in [3.05, 3.63) is 0 Å². The van der Waals surface area contributed by atoms with Gasteiger partial charge in [-0.15, -0.1) is 0 Å². The molecule has 0 radical (unpaired) electrons. The molecule has 0 unspecified atom stereocenters. The summed E-state index contributed by atoms with van der Waals surface area (Å²) in [5.41, 5.74) is 16.3. The lowest BCUT2D eigenvalue weighted by Crippen LogP contribution is -2.45. The maximum absolute atomic E-state index is 11.0. The van der Waals surface area contributed by atoms with Crippen molar-refractivity contribution in [3.63, 3.8) is 0 Å². The Labute approximate surface area is 118 Å². The second-order valence-corrected chi connectivity index (χ2v) is 4.69. The zero-order valence-electron chi connectivity index (χ0n) is 11.7. The van der Waals surface area contributed by atoms with Gasteiger partial charge in [-0.25, -0.2) is 5.43 Å². The fraction of sp³-hybridized carbons (Fsp3) is 0.833. The van der Waals surface area contributed by atoms with Crippen molar-refractivity contribution in [3.8, 4) is 0 Å². The van der Waals surface area contributed by atoms with Crippen molar-refractivity contribution >= 4 is 11.9 Å². The number of hydrogen-bond acceptors (Lipinski definition) is 6. The van der Waals surface area contributed by atoms with Gasteiger partial charge in [0.25, 0.3) is 0 Å². The summed E-state index contributed by atoms with van der Waals surface area (Å²) >= 11 is 0. The predicted octanol–water partition coefficient (Wildman–Crippen LogP) is -0.755. The number of rotatable bonds is 13. The first-order chi connectivity index (χ1) is 9.49. The van der Waals surface area contributed by atoms with Gasteiger partial charge in [-0.3, -0.25) is 15.0 Å². The average Bonchev–Trinajstić information content (AvgIpc) is 2.39. The predicted molar refractivity (Wildman–Crippen MR) is 74.9 cm³/mol. The molecule has 0 rings (SSSR count). The number of aliphatic carboxylic acids is 2. The Morgan fingerprint density at radius 3 is 2.20 bits per heavy atom. The van der Waals surface area contributed by atoms with E-state index >= 15 is 0 Å². The minimum absolute atomic E-state index is 0.413. The Bertz CT molecular complexity index is 289. The molecule has 0 aliphatic rings. The Hall–Kier alpha value is -1.22. The van der Waals surface area contributed by atoms with Crippen LogP contribution < -0.4 is 22.3 Å². The van der Waals surface area contributed by atoms with E-state index in [4.69, 9.17) is 21.7 Å². The summed E-state index contributed by atoms with van der Waals surface area (Å²) in [6.07, 6.45) is 3.89. The highest BCUT2D eigenvalue weighted by Crippen LogP contribution is 2.00. The van der Waals surface area contributed by atoms with E-state index in [2.05, 4.69) is 10.9 Å². The van der Waals surface area contributed by atoms with Crippen molar-refractivity contribution in [2.24, 2.45) is 11.5 Å². The van der Waals surface area contributed by atoms with Gasteiger partial charge in [-0.05, 0) is 45.1 Å². The SMILES string of the molecule is NCCCC[C@H](NNCCCC[C@H](N)C(=O)O)C(=O)O. The first-order valence-electron chi connectivity index (χ1n) is 6.88. The molecule has 0 aliphatic carbocycles. The summed E-state index contributed by atoms with van der Waals surface area (Å²) < 4.78 is 0. The van der Waals surface area contributed by atoms with E-state index in [1.165, 1.54) is 0 Å². The number of nitrogens with one attached hydrogen (secondary N) is 2. The van der Waals surface area contributed by atoms with Crippen LogP contribution in [0.2, 0.25) is 0 Å². The number of unbranched alkanes of at least 4 members (excludes halogenated alkanes) is 2. The van der Waals surface area contributed by atoms with Gasteiger partial charge in [0.15, 0.2) is 0 Å². The molecular weight excluding hydrogens is 264 g/mol. The van der Waals surface area contributed by atoms with E-state index < -0.39 is 24.0 Å².